The van der Waals surface area contributed by atoms with Gasteiger partial charge in [-0.15, -0.1) is 0 Å². The standard InChI is InChI=1S/C25H30N4O4.CH4/c1-17(30)23(25(32)29-33)28-24(31)21-10-8-19(9-11-21)3-2-18-4-6-20(7-5-18)16-27-22-12-14-26-15-13-22;/h4-11,17,22-23,26-27,30,33H,12-16H2,1H3,(H,28,31)(H,29,32);1H4/t17-,23+;/m1./s1. The highest BCUT2D eigenvalue weighted by molar-refractivity contribution is 5.97. The molecule has 182 valence electrons. The van der Waals surface area contributed by atoms with Gasteiger partial charge < -0.3 is 21.1 Å². The van der Waals surface area contributed by atoms with E-state index in [0.717, 1.165) is 43.6 Å². The molecule has 2 aromatic carbocycles. The molecule has 0 saturated carbocycles. The Hall–Kier alpha value is -3.22. The zero-order valence-corrected chi connectivity index (χ0v) is 18.6. The quantitative estimate of drug-likeness (QED) is 0.209. The van der Waals surface area contributed by atoms with Gasteiger partial charge >= 0.3 is 0 Å². The topological polar surface area (TPSA) is 123 Å². The number of aliphatic hydroxyl groups is 1. The van der Waals surface area contributed by atoms with E-state index in [0.29, 0.717) is 11.6 Å². The minimum absolute atomic E-state index is 0. The Morgan fingerprint density at radius 1 is 1.03 bits per heavy atom. The van der Waals surface area contributed by atoms with Gasteiger partial charge in [0.25, 0.3) is 11.8 Å². The summed E-state index contributed by atoms with van der Waals surface area (Å²) in [7, 11) is 0. The monoisotopic (exact) mass is 466 g/mol. The lowest BCUT2D eigenvalue weighted by atomic mass is 10.1. The Kier molecular flexibility index (Phi) is 10.7. The molecule has 0 radical (unpaired) electrons. The third kappa shape index (κ3) is 7.97. The van der Waals surface area contributed by atoms with E-state index < -0.39 is 24.0 Å². The summed E-state index contributed by atoms with van der Waals surface area (Å²) in [5, 5.41) is 27.7. The summed E-state index contributed by atoms with van der Waals surface area (Å²) >= 11 is 0. The van der Waals surface area contributed by atoms with Gasteiger partial charge in [0.2, 0.25) is 0 Å². The molecule has 0 bridgehead atoms. The fourth-order valence-electron chi connectivity index (χ4n) is 3.54. The molecule has 0 aromatic heterocycles. The zero-order chi connectivity index (χ0) is 23.6. The van der Waals surface area contributed by atoms with Gasteiger partial charge in [-0.1, -0.05) is 31.4 Å². The van der Waals surface area contributed by atoms with Crippen molar-refractivity contribution in [1.29, 1.82) is 0 Å². The molecule has 1 heterocycles. The van der Waals surface area contributed by atoms with Crippen molar-refractivity contribution < 1.29 is 19.9 Å². The van der Waals surface area contributed by atoms with Crippen molar-refractivity contribution in [2.75, 3.05) is 13.1 Å². The average Bonchev–Trinajstić information content (AvgIpc) is 2.85. The third-order valence-electron chi connectivity index (χ3n) is 5.55. The first kappa shape index (κ1) is 27.0. The maximum atomic E-state index is 12.3. The molecule has 0 unspecified atom stereocenters. The molecular formula is C26H34N4O4. The van der Waals surface area contributed by atoms with Crippen molar-refractivity contribution in [2.45, 2.75) is 51.9 Å². The lowest BCUT2D eigenvalue weighted by molar-refractivity contribution is -0.133. The Labute approximate surface area is 201 Å². The van der Waals surface area contributed by atoms with Crippen LogP contribution in [0.25, 0.3) is 0 Å². The number of aliphatic hydroxyl groups excluding tert-OH is 1. The van der Waals surface area contributed by atoms with Gasteiger partial charge in [0.15, 0.2) is 0 Å². The van der Waals surface area contributed by atoms with Crippen LogP contribution in [-0.2, 0) is 11.3 Å². The van der Waals surface area contributed by atoms with Crippen molar-refractivity contribution in [1.82, 2.24) is 21.4 Å². The van der Waals surface area contributed by atoms with Gasteiger partial charge in [0.1, 0.15) is 6.04 Å². The molecule has 34 heavy (non-hydrogen) atoms. The number of nitrogens with one attached hydrogen (secondary N) is 4. The number of hydrogen-bond donors (Lipinski definition) is 6. The fraction of sp³-hybridized carbons (Fsp3) is 0.385. The van der Waals surface area contributed by atoms with E-state index in [2.05, 4.69) is 39.9 Å². The highest BCUT2D eigenvalue weighted by atomic mass is 16.5. The molecule has 8 nitrogen and oxygen atoms in total. The second kappa shape index (κ2) is 13.5. The number of hydrogen-bond acceptors (Lipinski definition) is 6. The van der Waals surface area contributed by atoms with Crippen LogP contribution >= 0.6 is 0 Å². The highest BCUT2D eigenvalue weighted by Gasteiger charge is 2.25. The predicted molar refractivity (Wildman–Crippen MR) is 131 cm³/mol. The van der Waals surface area contributed by atoms with Gasteiger partial charge in [0, 0.05) is 29.3 Å². The molecule has 2 aromatic rings. The second-order valence-corrected chi connectivity index (χ2v) is 8.10. The normalized spacial score (nSPS) is 15.1. The van der Waals surface area contributed by atoms with Crippen molar-refractivity contribution in [3.05, 3.63) is 70.8 Å². The summed E-state index contributed by atoms with van der Waals surface area (Å²) in [5.74, 6) is 4.76. The summed E-state index contributed by atoms with van der Waals surface area (Å²) in [6.45, 7) is 4.33. The smallest absolute Gasteiger partial charge is 0.268 e. The number of hydroxylamine groups is 1. The van der Waals surface area contributed by atoms with Crippen molar-refractivity contribution >= 4 is 11.8 Å². The van der Waals surface area contributed by atoms with E-state index in [-0.39, 0.29) is 7.43 Å². The minimum atomic E-state index is -1.26. The van der Waals surface area contributed by atoms with Gasteiger partial charge in [-0.3, -0.25) is 14.8 Å². The SMILES string of the molecule is C.C[C@@H](O)[C@H](NC(=O)c1ccc(C#Cc2ccc(CNC3CCNCC3)cc2)cc1)C(=O)NO. The molecule has 0 spiro atoms. The first-order valence-electron chi connectivity index (χ1n) is 11.0. The van der Waals surface area contributed by atoms with Crippen LogP contribution in [0.3, 0.4) is 0 Å². The molecule has 1 fully saturated rings. The van der Waals surface area contributed by atoms with E-state index in [1.807, 2.05) is 12.1 Å². The van der Waals surface area contributed by atoms with E-state index in [4.69, 9.17) is 5.21 Å². The minimum Gasteiger partial charge on any atom is -0.391 e. The van der Waals surface area contributed by atoms with Crippen LogP contribution in [0.5, 0.6) is 0 Å². The lowest BCUT2D eigenvalue weighted by Crippen LogP contribution is -2.51. The van der Waals surface area contributed by atoms with Crippen LogP contribution in [-0.4, -0.2) is 53.4 Å². The Bertz CT molecular complexity index is 988. The first-order valence-corrected chi connectivity index (χ1v) is 11.0. The van der Waals surface area contributed by atoms with Gasteiger partial charge in [0.05, 0.1) is 6.10 Å². The van der Waals surface area contributed by atoms with Crippen molar-refractivity contribution in [3.8, 4) is 11.8 Å². The average molecular weight is 467 g/mol. The zero-order valence-electron chi connectivity index (χ0n) is 18.6. The van der Waals surface area contributed by atoms with Crippen LogP contribution in [0, 0.1) is 11.8 Å². The molecule has 1 aliphatic rings. The highest BCUT2D eigenvalue weighted by Crippen LogP contribution is 2.08. The summed E-state index contributed by atoms with van der Waals surface area (Å²) in [6, 6.07) is 14.0. The lowest BCUT2D eigenvalue weighted by Gasteiger charge is -2.23. The van der Waals surface area contributed by atoms with Crippen LogP contribution < -0.4 is 21.4 Å². The Morgan fingerprint density at radius 3 is 2.12 bits per heavy atom. The van der Waals surface area contributed by atoms with Gasteiger partial charge in [-0.2, -0.15) is 0 Å². The molecule has 2 amide bonds. The second-order valence-electron chi connectivity index (χ2n) is 8.10. The Balaban J connectivity index is 0.00000408. The summed E-state index contributed by atoms with van der Waals surface area (Å²) < 4.78 is 0. The Morgan fingerprint density at radius 2 is 1.59 bits per heavy atom. The van der Waals surface area contributed by atoms with Crippen LogP contribution in [0.4, 0.5) is 0 Å². The largest absolute Gasteiger partial charge is 0.391 e. The number of rotatable bonds is 7. The summed E-state index contributed by atoms with van der Waals surface area (Å²) in [4.78, 5) is 23.9. The van der Waals surface area contributed by atoms with Gasteiger partial charge in [-0.25, -0.2) is 5.48 Å². The maximum Gasteiger partial charge on any atom is 0.268 e. The first-order chi connectivity index (χ1) is 16.0. The van der Waals surface area contributed by atoms with E-state index >= 15 is 0 Å². The molecular weight excluding hydrogens is 432 g/mol. The maximum absolute atomic E-state index is 12.3. The van der Waals surface area contributed by atoms with Gasteiger partial charge in [-0.05, 0) is 74.8 Å². The van der Waals surface area contributed by atoms with Crippen LogP contribution in [0.15, 0.2) is 48.5 Å². The summed E-state index contributed by atoms with van der Waals surface area (Å²) in [6.07, 6.45) is 1.14. The molecule has 3 rings (SSSR count). The predicted octanol–water partition coefficient (Wildman–Crippen LogP) is 1.55. The molecule has 0 aliphatic carbocycles. The van der Waals surface area contributed by atoms with E-state index in [1.54, 1.807) is 24.3 Å². The molecule has 6 N–H and O–H groups in total. The molecule has 1 aliphatic heterocycles. The van der Waals surface area contributed by atoms with Crippen LogP contribution in [0.1, 0.15) is 54.2 Å². The molecule has 8 heteroatoms. The summed E-state index contributed by atoms with van der Waals surface area (Å²) in [5.41, 5.74) is 4.60. The van der Waals surface area contributed by atoms with Crippen LogP contribution in [0.2, 0.25) is 0 Å². The molecule has 1 saturated heterocycles. The number of carbonyl (C=O) groups is 2. The number of carbonyl (C=O) groups excluding carboxylic acids is 2. The number of amides is 2. The fourth-order valence-corrected chi connectivity index (χ4v) is 3.54. The van der Waals surface area contributed by atoms with E-state index in [1.165, 1.54) is 18.0 Å². The number of piperidine rings is 1. The third-order valence-corrected chi connectivity index (χ3v) is 5.55. The molecule has 2 atom stereocenters. The van der Waals surface area contributed by atoms with E-state index in [9.17, 15) is 14.7 Å². The van der Waals surface area contributed by atoms with Crippen molar-refractivity contribution in [3.63, 3.8) is 0 Å². The van der Waals surface area contributed by atoms with Crippen molar-refractivity contribution in [2.24, 2.45) is 0 Å². The number of benzene rings is 2.